The molecule has 42 heavy (non-hydrogen) atoms. The molecule has 0 bridgehead atoms. The van der Waals surface area contributed by atoms with Gasteiger partial charge in [-0.15, -0.1) is 0 Å². The second kappa shape index (κ2) is 11.5. The number of carboxylic acid groups (broad SMARTS) is 1. The predicted molar refractivity (Wildman–Crippen MR) is 155 cm³/mol. The highest BCUT2D eigenvalue weighted by molar-refractivity contribution is 5.86. The maximum Gasteiger partial charge on any atom is 0.315 e. The van der Waals surface area contributed by atoms with E-state index in [1.807, 2.05) is 48.5 Å². The van der Waals surface area contributed by atoms with Crippen LogP contribution in [0.25, 0.3) is 11.1 Å². The number of carboxylic acids is 1. The normalized spacial score (nSPS) is 20.6. The second-order valence-corrected chi connectivity index (χ2v) is 10.2. The van der Waals surface area contributed by atoms with Crippen molar-refractivity contribution < 1.29 is 38.4 Å². The third-order valence-corrected chi connectivity index (χ3v) is 8.03. The molecule has 8 heteroatoms. The molecule has 1 aliphatic heterocycles. The summed E-state index contributed by atoms with van der Waals surface area (Å²) >= 11 is 0. The lowest BCUT2D eigenvalue weighted by molar-refractivity contribution is -0.158. The topological polar surface area (TPSA) is 101 Å². The van der Waals surface area contributed by atoms with E-state index in [9.17, 15) is 14.7 Å². The van der Waals surface area contributed by atoms with E-state index in [0.717, 1.165) is 11.1 Å². The van der Waals surface area contributed by atoms with Crippen molar-refractivity contribution in [3.05, 3.63) is 102 Å². The van der Waals surface area contributed by atoms with Gasteiger partial charge in [-0.05, 0) is 47.0 Å². The van der Waals surface area contributed by atoms with Crippen LogP contribution >= 0.6 is 0 Å². The fourth-order valence-corrected chi connectivity index (χ4v) is 6.22. The van der Waals surface area contributed by atoms with Crippen molar-refractivity contribution in [2.75, 3.05) is 27.4 Å². The Labute approximate surface area is 243 Å². The second-order valence-electron chi connectivity index (χ2n) is 10.2. The van der Waals surface area contributed by atoms with E-state index in [-0.39, 0.29) is 0 Å². The Kier molecular flexibility index (Phi) is 7.44. The quantitative estimate of drug-likeness (QED) is 0.206. The highest BCUT2D eigenvalue weighted by Gasteiger charge is 2.60. The summed E-state index contributed by atoms with van der Waals surface area (Å²) in [6.45, 7) is 0.924. The van der Waals surface area contributed by atoms with Gasteiger partial charge in [0.15, 0.2) is 11.5 Å². The van der Waals surface area contributed by atoms with Crippen LogP contribution in [0.1, 0.15) is 23.0 Å². The molecule has 8 nitrogen and oxygen atoms in total. The number of benzene rings is 4. The fourth-order valence-electron chi connectivity index (χ4n) is 6.22. The molecular formula is C34H30O8. The number of esters is 1. The molecule has 4 aromatic rings. The average Bonchev–Trinajstić information content (AvgIpc) is 3.00. The maximum atomic E-state index is 14.1. The maximum absolute atomic E-state index is 14.1. The standard InChI is InChI=1S/C34H30O8/c1-38-25-14-5-3-11-23(25)28-30(33(35)36)29(24-12-4-6-15-26(24)39-2)31(28)34(37)42-21-10-7-9-20(19-21)22-13-8-16-27-32(22)41-18-17-40-27/h3-16,19,28-31H,17-18H2,1-2H3,(H,35,36)/t28-,29?,30-,31?/m0/s1. The minimum atomic E-state index is -1.01. The van der Waals surface area contributed by atoms with Crippen LogP contribution in [0.5, 0.6) is 28.7 Å². The Bertz CT molecular complexity index is 1570. The molecule has 1 aliphatic carbocycles. The van der Waals surface area contributed by atoms with Crippen molar-refractivity contribution in [2.24, 2.45) is 11.8 Å². The molecule has 1 saturated carbocycles. The van der Waals surface area contributed by atoms with Gasteiger partial charge in [-0.1, -0.05) is 60.7 Å². The van der Waals surface area contributed by atoms with Crippen LogP contribution in [0.15, 0.2) is 91.0 Å². The number of methoxy groups -OCH3 is 2. The molecule has 0 radical (unpaired) electrons. The number of fused-ring (bicyclic) bond motifs is 1. The Balaban J connectivity index is 1.38. The van der Waals surface area contributed by atoms with Crippen molar-refractivity contribution >= 4 is 11.9 Å². The van der Waals surface area contributed by atoms with Crippen LogP contribution in [-0.4, -0.2) is 44.5 Å². The number of rotatable bonds is 8. The number of hydrogen-bond donors (Lipinski definition) is 1. The summed E-state index contributed by atoms with van der Waals surface area (Å²) in [5, 5.41) is 10.4. The summed E-state index contributed by atoms with van der Waals surface area (Å²) in [5.74, 6) is -1.97. The number of hydrogen-bond acceptors (Lipinski definition) is 7. The first kappa shape index (κ1) is 27.2. The average molecular weight is 567 g/mol. The molecule has 0 amide bonds. The molecule has 1 heterocycles. The lowest BCUT2D eigenvalue weighted by Gasteiger charge is -2.49. The van der Waals surface area contributed by atoms with Gasteiger partial charge >= 0.3 is 11.9 Å². The van der Waals surface area contributed by atoms with E-state index < -0.39 is 35.6 Å². The van der Waals surface area contributed by atoms with Crippen LogP contribution in [0, 0.1) is 11.8 Å². The molecule has 1 N–H and O–H groups in total. The molecule has 0 spiro atoms. The largest absolute Gasteiger partial charge is 0.496 e. The minimum absolute atomic E-state index is 0.336. The lowest BCUT2D eigenvalue weighted by atomic mass is 9.52. The van der Waals surface area contributed by atoms with Gasteiger partial charge in [0.05, 0.1) is 26.1 Å². The molecule has 2 aliphatic rings. The molecule has 2 unspecified atom stereocenters. The number of carbonyl (C=O) groups is 2. The molecule has 6 rings (SSSR count). The van der Waals surface area contributed by atoms with E-state index in [2.05, 4.69) is 0 Å². The molecule has 4 atom stereocenters. The van der Waals surface area contributed by atoms with Gasteiger partial charge in [-0.25, -0.2) is 0 Å². The molecule has 0 saturated heterocycles. The summed E-state index contributed by atoms with van der Waals surface area (Å²) in [7, 11) is 3.06. The Hall–Kier alpha value is -4.98. The summed E-state index contributed by atoms with van der Waals surface area (Å²) in [6.07, 6.45) is 0. The van der Waals surface area contributed by atoms with Crippen molar-refractivity contribution in [2.45, 2.75) is 11.8 Å². The Morgan fingerprint density at radius 3 is 2.00 bits per heavy atom. The molecular weight excluding hydrogens is 536 g/mol. The zero-order chi connectivity index (χ0) is 29.2. The molecule has 214 valence electrons. The summed E-state index contributed by atoms with van der Waals surface area (Å²) in [5.41, 5.74) is 2.89. The zero-order valence-corrected chi connectivity index (χ0v) is 23.2. The third-order valence-electron chi connectivity index (χ3n) is 8.03. The lowest BCUT2D eigenvalue weighted by Crippen LogP contribution is -2.52. The van der Waals surface area contributed by atoms with Gasteiger partial charge in [0.1, 0.15) is 30.5 Å². The van der Waals surface area contributed by atoms with Crippen LogP contribution in [0.3, 0.4) is 0 Å². The van der Waals surface area contributed by atoms with Crippen molar-refractivity contribution in [3.8, 4) is 39.9 Å². The first-order chi connectivity index (χ1) is 20.5. The highest BCUT2D eigenvalue weighted by Crippen LogP contribution is 2.60. The van der Waals surface area contributed by atoms with Crippen LogP contribution in [0.4, 0.5) is 0 Å². The predicted octanol–water partition coefficient (Wildman–Crippen LogP) is 5.95. The van der Waals surface area contributed by atoms with E-state index in [0.29, 0.717) is 53.1 Å². The van der Waals surface area contributed by atoms with Crippen LogP contribution in [0.2, 0.25) is 0 Å². The summed E-state index contributed by atoms with van der Waals surface area (Å²) in [4.78, 5) is 26.8. The summed E-state index contributed by atoms with van der Waals surface area (Å²) < 4.78 is 28.8. The number of ether oxygens (including phenoxy) is 5. The van der Waals surface area contributed by atoms with Crippen LogP contribution in [-0.2, 0) is 9.59 Å². The highest BCUT2D eigenvalue weighted by atomic mass is 16.6. The van der Waals surface area contributed by atoms with E-state index >= 15 is 0 Å². The van der Waals surface area contributed by atoms with E-state index in [1.54, 1.807) is 42.5 Å². The van der Waals surface area contributed by atoms with Gasteiger partial charge < -0.3 is 28.8 Å². The summed E-state index contributed by atoms with van der Waals surface area (Å²) in [6, 6.07) is 27.2. The molecule has 1 fully saturated rings. The minimum Gasteiger partial charge on any atom is -0.496 e. The van der Waals surface area contributed by atoms with Gasteiger partial charge in [0, 0.05) is 17.4 Å². The first-order valence-electron chi connectivity index (χ1n) is 13.7. The van der Waals surface area contributed by atoms with Crippen LogP contribution < -0.4 is 23.7 Å². The number of para-hydroxylation sites is 3. The van der Waals surface area contributed by atoms with Gasteiger partial charge in [0.2, 0.25) is 0 Å². The molecule has 0 aromatic heterocycles. The zero-order valence-electron chi connectivity index (χ0n) is 23.2. The van der Waals surface area contributed by atoms with Crippen molar-refractivity contribution in [3.63, 3.8) is 0 Å². The van der Waals surface area contributed by atoms with Gasteiger partial charge in [-0.2, -0.15) is 0 Å². The fraction of sp³-hybridized carbons (Fsp3) is 0.235. The smallest absolute Gasteiger partial charge is 0.315 e. The SMILES string of the molecule is COc1ccccc1C1C(C(=O)Oc2cccc(-c3cccc4c3OCCO4)c2)[C@@H](c2ccccc2OC)[C@@H]1C(=O)O. The number of aliphatic carboxylic acids is 1. The third kappa shape index (κ3) is 4.79. The monoisotopic (exact) mass is 566 g/mol. The molecule has 4 aromatic carbocycles. The van der Waals surface area contributed by atoms with E-state index in [1.165, 1.54) is 14.2 Å². The number of carbonyl (C=O) groups excluding carboxylic acids is 1. The van der Waals surface area contributed by atoms with Crippen molar-refractivity contribution in [1.82, 2.24) is 0 Å². The van der Waals surface area contributed by atoms with E-state index in [4.69, 9.17) is 23.7 Å². The Morgan fingerprint density at radius 1 is 0.738 bits per heavy atom. The van der Waals surface area contributed by atoms with Gasteiger partial charge in [0.25, 0.3) is 0 Å². The Morgan fingerprint density at radius 2 is 1.36 bits per heavy atom. The first-order valence-corrected chi connectivity index (χ1v) is 13.7. The van der Waals surface area contributed by atoms with Crippen molar-refractivity contribution in [1.29, 1.82) is 0 Å². The van der Waals surface area contributed by atoms with Gasteiger partial charge in [-0.3, -0.25) is 9.59 Å².